The maximum atomic E-state index is 11.7. The lowest BCUT2D eigenvalue weighted by molar-refractivity contribution is -0.145. The summed E-state index contributed by atoms with van der Waals surface area (Å²) in [6.45, 7) is 8.72. The standard InChI is InChI=1S/C22H37NO2/c1-14(24)23-19-8-7-17-16-6-5-15-13-20(2,25)11-12-21(15,3)18(16)9-10-22(17,19)4/h15-19,25H,5-13H2,1-4H3,(H,23,24)/t15-,16-,17-,18-,19-,20+,21-,22-/m0/s1. The molecule has 0 spiro atoms. The number of amides is 1. The number of hydrogen-bond donors (Lipinski definition) is 2. The first-order valence-corrected chi connectivity index (χ1v) is 10.7. The Morgan fingerprint density at radius 1 is 0.920 bits per heavy atom. The van der Waals surface area contributed by atoms with Crippen LogP contribution in [0.4, 0.5) is 0 Å². The zero-order valence-corrected chi connectivity index (χ0v) is 16.6. The molecule has 1 amide bonds. The lowest BCUT2D eigenvalue weighted by atomic mass is 9.44. The number of nitrogens with one attached hydrogen (secondary N) is 1. The van der Waals surface area contributed by atoms with Crippen molar-refractivity contribution in [3.63, 3.8) is 0 Å². The quantitative estimate of drug-likeness (QED) is 0.743. The molecule has 4 aliphatic rings. The summed E-state index contributed by atoms with van der Waals surface area (Å²) in [4.78, 5) is 11.7. The SMILES string of the molecule is CC(=O)N[C@H]1CC[C@H]2[C@@H]3CC[C@H]4C[C@](C)(O)CC[C@]4(C)[C@H]3CC[C@]12C. The molecule has 4 saturated carbocycles. The third-order valence-corrected chi connectivity index (χ3v) is 9.33. The summed E-state index contributed by atoms with van der Waals surface area (Å²) in [7, 11) is 0. The first-order chi connectivity index (χ1) is 11.7. The Morgan fingerprint density at radius 2 is 1.64 bits per heavy atom. The molecule has 8 atom stereocenters. The molecule has 0 aromatic carbocycles. The fourth-order valence-corrected chi connectivity index (χ4v) is 7.91. The third-order valence-electron chi connectivity index (χ3n) is 9.33. The van der Waals surface area contributed by atoms with Crippen molar-refractivity contribution < 1.29 is 9.90 Å². The highest BCUT2D eigenvalue weighted by Crippen LogP contribution is 2.66. The minimum Gasteiger partial charge on any atom is -0.390 e. The molecule has 0 unspecified atom stereocenters. The highest BCUT2D eigenvalue weighted by Gasteiger charge is 2.60. The van der Waals surface area contributed by atoms with Gasteiger partial charge in [0, 0.05) is 13.0 Å². The molecule has 0 aliphatic heterocycles. The number of rotatable bonds is 1. The van der Waals surface area contributed by atoms with Gasteiger partial charge in [0.2, 0.25) is 5.91 Å². The maximum Gasteiger partial charge on any atom is 0.217 e. The highest BCUT2D eigenvalue weighted by molar-refractivity contribution is 5.73. The zero-order chi connectivity index (χ0) is 18.0. The lowest BCUT2D eigenvalue weighted by Gasteiger charge is -2.61. The van der Waals surface area contributed by atoms with Gasteiger partial charge in [0.15, 0.2) is 0 Å². The van der Waals surface area contributed by atoms with E-state index in [1.165, 1.54) is 44.9 Å². The molecule has 0 aromatic heterocycles. The molecule has 0 saturated heterocycles. The van der Waals surface area contributed by atoms with E-state index < -0.39 is 5.60 Å². The topological polar surface area (TPSA) is 49.3 Å². The molecule has 4 aliphatic carbocycles. The number of carbonyl (C=O) groups excluding carboxylic acids is 1. The van der Waals surface area contributed by atoms with E-state index in [1.807, 2.05) is 6.92 Å². The van der Waals surface area contributed by atoms with E-state index >= 15 is 0 Å². The van der Waals surface area contributed by atoms with Crippen LogP contribution in [0.3, 0.4) is 0 Å². The van der Waals surface area contributed by atoms with Crippen LogP contribution in [0.2, 0.25) is 0 Å². The number of fused-ring (bicyclic) bond motifs is 5. The smallest absolute Gasteiger partial charge is 0.217 e. The molecule has 0 bridgehead atoms. The van der Waals surface area contributed by atoms with Crippen LogP contribution >= 0.6 is 0 Å². The molecule has 0 heterocycles. The molecule has 142 valence electrons. The Kier molecular flexibility index (Phi) is 4.07. The largest absolute Gasteiger partial charge is 0.390 e. The van der Waals surface area contributed by atoms with Crippen LogP contribution in [-0.4, -0.2) is 22.7 Å². The summed E-state index contributed by atoms with van der Waals surface area (Å²) in [6.07, 6.45) is 10.9. The first kappa shape index (κ1) is 17.8. The zero-order valence-electron chi connectivity index (χ0n) is 16.6. The fourth-order valence-electron chi connectivity index (χ4n) is 7.91. The van der Waals surface area contributed by atoms with E-state index in [0.717, 1.165) is 30.6 Å². The van der Waals surface area contributed by atoms with E-state index in [0.29, 0.717) is 22.8 Å². The van der Waals surface area contributed by atoms with Crippen molar-refractivity contribution in [2.75, 3.05) is 0 Å². The van der Waals surface area contributed by atoms with E-state index in [2.05, 4.69) is 19.2 Å². The first-order valence-electron chi connectivity index (χ1n) is 10.7. The molecule has 3 heteroatoms. The number of hydrogen-bond acceptors (Lipinski definition) is 2. The van der Waals surface area contributed by atoms with Gasteiger partial charge in [0.1, 0.15) is 0 Å². The second kappa shape index (κ2) is 5.71. The van der Waals surface area contributed by atoms with Gasteiger partial charge < -0.3 is 10.4 Å². The number of carbonyl (C=O) groups is 1. The van der Waals surface area contributed by atoms with Crippen molar-refractivity contribution in [1.82, 2.24) is 5.32 Å². The van der Waals surface area contributed by atoms with Crippen molar-refractivity contribution in [3.05, 3.63) is 0 Å². The molecule has 0 aromatic rings. The van der Waals surface area contributed by atoms with Gasteiger partial charge in [0.05, 0.1) is 5.60 Å². The van der Waals surface area contributed by atoms with Gasteiger partial charge in [-0.05, 0) is 99.2 Å². The predicted molar refractivity (Wildman–Crippen MR) is 100.0 cm³/mol. The maximum absolute atomic E-state index is 11.7. The Bertz CT molecular complexity index is 558. The highest BCUT2D eigenvalue weighted by atomic mass is 16.3. The van der Waals surface area contributed by atoms with Crippen molar-refractivity contribution in [1.29, 1.82) is 0 Å². The van der Waals surface area contributed by atoms with Crippen LogP contribution in [-0.2, 0) is 4.79 Å². The van der Waals surface area contributed by atoms with Gasteiger partial charge >= 0.3 is 0 Å². The molecule has 2 N–H and O–H groups in total. The second-order valence-corrected chi connectivity index (χ2v) is 10.7. The monoisotopic (exact) mass is 347 g/mol. The second-order valence-electron chi connectivity index (χ2n) is 10.7. The summed E-state index contributed by atoms with van der Waals surface area (Å²) >= 11 is 0. The van der Waals surface area contributed by atoms with Crippen molar-refractivity contribution >= 4 is 5.91 Å². The molecule has 3 nitrogen and oxygen atoms in total. The fraction of sp³-hybridized carbons (Fsp3) is 0.955. The van der Waals surface area contributed by atoms with Gasteiger partial charge in [-0.25, -0.2) is 0 Å². The molecule has 4 fully saturated rings. The normalized spacial score (nSPS) is 55.0. The molecule has 25 heavy (non-hydrogen) atoms. The van der Waals surface area contributed by atoms with Crippen LogP contribution in [0.15, 0.2) is 0 Å². The minimum atomic E-state index is -0.440. The van der Waals surface area contributed by atoms with Crippen LogP contribution in [0.5, 0.6) is 0 Å². The average molecular weight is 348 g/mol. The Hall–Kier alpha value is -0.570. The van der Waals surface area contributed by atoms with Gasteiger partial charge in [-0.2, -0.15) is 0 Å². The van der Waals surface area contributed by atoms with E-state index in [-0.39, 0.29) is 5.91 Å². The van der Waals surface area contributed by atoms with Crippen LogP contribution in [0.25, 0.3) is 0 Å². The predicted octanol–water partition coefficient (Wildman–Crippen LogP) is 4.28. The van der Waals surface area contributed by atoms with E-state index in [9.17, 15) is 9.90 Å². The summed E-state index contributed by atoms with van der Waals surface area (Å²) < 4.78 is 0. The van der Waals surface area contributed by atoms with E-state index in [1.54, 1.807) is 6.92 Å². The lowest BCUT2D eigenvalue weighted by Crippen LogP contribution is -2.57. The van der Waals surface area contributed by atoms with E-state index in [4.69, 9.17) is 0 Å². The van der Waals surface area contributed by atoms with Crippen LogP contribution < -0.4 is 5.32 Å². The molecular weight excluding hydrogens is 310 g/mol. The Balaban J connectivity index is 1.57. The Labute approximate surface area is 153 Å². The summed E-state index contributed by atoms with van der Waals surface area (Å²) in [5.74, 6) is 3.29. The third kappa shape index (κ3) is 2.67. The van der Waals surface area contributed by atoms with Gasteiger partial charge in [-0.3, -0.25) is 4.79 Å². The molecular formula is C22H37NO2. The average Bonchev–Trinajstić information content (AvgIpc) is 2.84. The molecule has 0 radical (unpaired) electrons. The van der Waals surface area contributed by atoms with Gasteiger partial charge in [-0.1, -0.05) is 13.8 Å². The summed E-state index contributed by atoms with van der Waals surface area (Å²) in [5, 5.41) is 13.9. The van der Waals surface area contributed by atoms with Crippen molar-refractivity contribution in [2.24, 2.45) is 34.5 Å². The summed E-state index contributed by atoms with van der Waals surface area (Å²) in [5.41, 5.74) is 0.291. The van der Waals surface area contributed by atoms with Crippen LogP contribution in [0, 0.1) is 34.5 Å². The van der Waals surface area contributed by atoms with Gasteiger partial charge in [0.25, 0.3) is 0 Å². The summed E-state index contributed by atoms with van der Waals surface area (Å²) in [6, 6.07) is 0.383. The molecule has 4 rings (SSSR count). The van der Waals surface area contributed by atoms with Gasteiger partial charge in [-0.15, -0.1) is 0 Å². The van der Waals surface area contributed by atoms with Crippen molar-refractivity contribution in [3.8, 4) is 0 Å². The Morgan fingerprint density at radius 3 is 2.36 bits per heavy atom. The minimum absolute atomic E-state index is 0.138. The number of aliphatic hydroxyl groups is 1. The van der Waals surface area contributed by atoms with Crippen LogP contribution in [0.1, 0.15) is 85.5 Å². The van der Waals surface area contributed by atoms with Crippen molar-refractivity contribution in [2.45, 2.75) is 97.1 Å².